The zero-order valence-electron chi connectivity index (χ0n) is 12.9. The standard InChI is InChI=1S/C18H16ClN5/c19-16-10-22-18(23-15-7-14(20)8-21-9-15)24-17(16)13-3-1-2-12(6-13)11-4-5-11/h1-3,6-11H,4-5,20H2,(H,22,23,24). The number of hydrogen-bond acceptors (Lipinski definition) is 5. The Bertz CT molecular complexity index is 892. The topological polar surface area (TPSA) is 76.7 Å². The van der Waals surface area contributed by atoms with Gasteiger partial charge in [-0.15, -0.1) is 0 Å². The highest BCUT2D eigenvalue weighted by molar-refractivity contribution is 6.32. The second kappa shape index (κ2) is 6.09. The third-order valence-electron chi connectivity index (χ3n) is 3.97. The minimum Gasteiger partial charge on any atom is -0.397 e. The van der Waals surface area contributed by atoms with Gasteiger partial charge < -0.3 is 11.1 Å². The fourth-order valence-electron chi connectivity index (χ4n) is 2.64. The van der Waals surface area contributed by atoms with Crippen LogP contribution in [-0.2, 0) is 0 Å². The Morgan fingerprint density at radius 3 is 2.79 bits per heavy atom. The van der Waals surface area contributed by atoms with Gasteiger partial charge in [0.1, 0.15) is 0 Å². The minimum absolute atomic E-state index is 0.457. The van der Waals surface area contributed by atoms with Crippen LogP contribution in [0.2, 0.25) is 5.02 Å². The summed E-state index contributed by atoms with van der Waals surface area (Å²) in [5.74, 6) is 1.14. The van der Waals surface area contributed by atoms with Crippen LogP contribution in [0.3, 0.4) is 0 Å². The summed E-state index contributed by atoms with van der Waals surface area (Å²) in [4.78, 5) is 12.8. The molecule has 1 aromatic carbocycles. The number of nitrogens with one attached hydrogen (secondary N) is 1. The minimum atomic E-state index is 0.457. The smallest absolute Gasteiger partial charge is 0.227 e. The van der Waals surface area contributed by atoms with Crippen LogP contribution < -0.4 is 11.1 Å². The lowest BCUT2D eigenvalue weighted by Gasteiger charge is -2.09. The van der Waals surface area contributed by atoms with Gasteiger partial charge in [-0.05, 0) is 36.5 Å². The van der Waals surface area contributed by atoms with Crippen LogP contribution in [-0.4, -0.2) is 15.0 Å². The SMILES string of the molecule is Nc1cncc(Nc2ncc(Cl)c(-c3cccc(C4CC4)c3)n2)c1. The van der Waals surface area contributed by atoms with E-state index in [2.05, 4.69) is 38.5 Å². The summed E-state index contributed by atoms with van der Waals surface area (Å²) in [7, 11) is 0. The first-order valence-electron chi connectivity index (χ1n) is 7.79. The Balaban J connectivity index is 1.67. The molecule has 0 unspecified atom stereocenters. The van der Waals surface area contributed by atoms with Crippen molar-refractivity contribution in [2.24, 2.45) is 0 Å². The predicted molar refractivity (Wildman–Crippen MR) is 96.4 cm³/mol. The van der Waals surface area contributed by atoms with Crippen molar-refractivity contribution in [3.63, 3.8) is 0 Å². The third kappa shape index (κ3) is 3.16. The summed E-state index contributed by atoms with van der Waals surface area (Å²) < 4.78 is 0. The van der Waals surface area contributed by atoms with E-state index in [1.54, 1.807) is 24.7 Å². The van der Waals surface area contributed by atoms with E-state index in [0.717, 1.165) is 11.3 Å². The second-order valence-electron chi connectivity index (χ2n) is 5.92. The van der Waals surface area contributed by atoms with E-state index in [9.17, 15) is 0 Å². The quantitative estimate of drug-likeness (QED) is 0.738. The number of anilines is 3. The van der Waals surface area contributed by atoms with Gasteiger partial charge in [0.05, 0.1) is 34.5 Å². The maximum atomic E-state index is 6.32. The second-order valence-corrected chi connectivity index (χ2v) is 6.33. The number of benzene rings is 1. The number of pyridine rings is 1. The van der Waals surface area contributed by atoms with Crippen LogP contribution in [0.4, 0.5) is 17.3 Å². The molecule has 2 aromatic heterocycles. The van der Waals surface area contributed by atoms with Crippen LogP contribution in [0.15, 0.2) is 48.9 Å². The molecule has 0 saturated heterocycles. The number of aromatic nitrogens is 3. The molecule has 120 valence electrons. The molecule has 0 amide bonds. The fraction of sp³-hybridized carbons (Fsp3) is 0.167. The van der Waals surface area contributed by atoms with Crippen molar-refractivity contribution in [3.8, 4) is 11.3 Å². The van der Waals surface area contributed by atoms with Gasteiger partial charge in [-0.25, -0.2) is 9.97 Å². The van der Waals surface area contributed by atoms with Crippen molar-refractivity contribution < 1.29 is 0 Å². The first kappa shape index (κ1) is 14.9. The van der Waals surface area contributed by atoms with E-state index in [4.69, 9.17) is 17.3 Å². The summed E-state index contributed by atoms with van der Waals surface area (Å²) >= 11 is 6.32. The summed E-state index contributed by atoms with van der Waals surface area (Å²) in [6, 6.07) is 10.2. The molecule has 24 heavy (non-hydrogen) atoms. The average Bonchev–Trinajstić information content (AvgIpc) is 3.42. The van der Waals surface area contributed by atoms with E-state index >= 15 is 0 Å². The van der Waals surface area contributed by atoms with Gasteiger partial charge in [0, 0.05) is 11.8 Å². The highest BCUT2D eigenvalue weighted by Crippen LogP contribution is 2.41. The number of nitrogens with two attached hydrogens (primary N) is 1. The maximum Gasteiger partial charge on any atom is 0.227 e. The van der Waals surface area contributed by atoms with E-state index in [-0.39, 0.29) is 0 Å². The van der Waals surface area contributed by atoms with Crippen molar-refractivity contribution in [1.29, 1.82) is 0 Å². The zero-order valence-corrected chi connectivity index (χ0v) is 13.7. The van der Waals surface area contributed by atoms with Crippen molar-refractivity contribution >= 4 is 28.9 Å². The summed E-state index contributed by atoms with van der Waals surface area (Å²) in [5, 5.41) is 3.64. The van der Waals surface area contributed by atoms with Crippen molar-refractivity contribution in [3.05, 3.63) is 59.5 Å². The Hall–Kier alpha value is -2.66. The van der Waals surface area contributed by atoms with Gasteiger partial charge in [0.15, 0.2) is 0 Å². The molecule has 1 aliphatic carbocycles. The largest absolute Gasteiger partial charge is 0.397 e. The molecular formula is C18H16ClN5. The molecule has 0 atom stereocenters. The summed E-state index contributed by atoms with van der Waals surface area (Å²) in [6.07, 6.45) is 7.38. The lowest BCUT2D eigenvalue weighted by molar-refractivity contribution is 1.12. The first-order valence-corrected chi connectivity index (χ1v) is 8.17. The normalized spacial score (nSPS) is 13.7. The Morgan fingerprint density at radius 2 is 2.00 bits per heavy atom. The first-order chi connectivity index (χ1) is 11.7. The van der Waals surface area contributed by atoms with Gasteiger partial charge in [0.2, 0.25) is 5.95 Å². The molecule has 0 aliphatic heterocycles. The molecule has 6 heteroatoms. The number of hydrogen-bond donors (Lipinski definition) is 2. The van der Waals surface area contributed by atoms with E-state index < -0.39 is 0 Å². The molecule has 4 rings (SSSR count). The molecule has 5 nitrogen and oxygen atoms in total. The van der Waals surface area contributed by atoms with Gasteiger partial charge >= 0.3 is 0 Å². The highest BCUT2D eigenvalue weighted by atomic mass is 35.5. The van der Waals surface area contributed by atoms with Crippen LogP contribution in [0.5, 0.6) is 0 Å². The van der Waals surface area contributed by atoms with Gasteiger partial charge in [-0.3, -0.25) is 4.98 Å². The van der Waals surface area contributed by atoms with Crippen molar-refractivity contribution in [1.82, 2.24) is 15.0 Å². The Morgan fingerprint density at radius 1 is 1.12 bits per heavy atom. The Labute approximate surface area is 144 Å². The molecule has 0 bridgehead atoms. The molecule has 3 aromatic rings. The number of halogens is 1. The molecule has 3 N–H and O–H groups in total. The fourth-order valence-corrected chi connectivity index (χ4v) is 2.84. The van der Waals surface area contributed by atoms with E-state index in [1.165, 1.54) is 18.4 Å². The summed E-state index contributed by atoms with van der Waals surface area (Å²) in [5.41, 5.74) is 10.1. The van der Waals surface area contributed by atoms with Crippen LogP contribution in [0.25, 0.3) is 11.3 Å². The molecule has 1 saturated carbocycles. The lowest BCUT2D eigenvalue weighted by atomic mass is 10.0. The van der Waals surface area contributed by atoms with Crippen LogP contribution >= 0.6 is 11.6 Å². The number of rotatable bonds is 4. The molecule has 1 fully saturated rings. The summed E-state index contributed by atoms with van der Waals surface area (Å²) in [6.45, 7) is 0. The monoisotopic (exact) mass is 337 g/mol. The zero-order chi connectivity index (χ0) is 16.5. The maximum absolute atomic E-state index is 6.32. The lowest BCUT2D eigenvalue weighted by Crippen LogP contribution is -2.00. The molecule has 2 heterocycles. The van der Waals surface area contributed by atoms with Gasteiger partial charge in [-0.1, -0.05) is 29.8 Å². The number of nitrogens with zero attached hydrogens (tertiary/aromatic N) is 3. The van der Waals surface area contributed by atoms with Crippen LogP contribution in [0.1, 0.15) is 24.3 Å². The average molecular weight is 338 g/mol. The van der Waals surface area contributed by atoms with E-state index in [1.807, 2.05) is 6.07 Å². The molecule has 0 spiro atoms. The predicted octanol–water partition coefficient (Wildman–Crippen LogP) is 4.40. The third-order valence-corrected chi connectivity index (χ3v) is 4.25. The van der Waals surface area contributed by atoms with Crippen molar-refractivity contribution in [2.45, 2.75) is 18.8 Å². The Kier molecular flexibility index (Phi) is 3.78. The van der Waals surface area contributed by atoms with Crippen LogP contribution in [0, 0.1) is 0 Å². The van der Waals surface area contributed by atoms with E-state index in [0.29, 0.717) is 28.3 Å². The van der Waals surface area contributed by atoms with Crippen molar-refractivity contribution in [2.75, 3.05) is 11.1 Å². The van der Waals surface area contributed by atoms with Gasteiger partial charge in [-0.2, -0.15) is 0 Å². The number of nitrogen functional groups attached to an aromatic ring is 1. The van der Waals surface area contributed by atoms with Gasteiger partial charge in [0.25, 0.3) is 0 Å². The molecule has 1 aliphatic rings. The molecule has 0 radical (unpaired) electrons. The molecular weight excluding hydrogens is 322 g/mol. The highest BCUT2D eigenvalue weighted by Gasteiger charge is 2.23.